The number of hydrogen-bond donors (Lipinski definition) is 2. The molecule has 2 atom stereocenters. The lowest BCUT2D eigenvalue weighted by Crippen LogP contribution is -2.65. The number of ether oxygens (including phenoxy) is 2. The van der Waals surface area contributed by atoms with Crippen molar-refractivity contribution in [3.05, 3.63) is 114 Å². The number of urea groups is 1. The minimum Gasteiger partial charge on any atom is -0.490 e. The summed E-state index contributed by atoms with van der Waals surface area (Å²) in [5.41, 5.74) is 4.51. The molecule has 2 heterocycles. The number of nitrogens with zero attached hydrogens (tertiary/aromatic N) is 1. The maximum atomic E-state index is 13.4. The van der Waals surface area contributed by atoms with Crippen molar-refractivity contribution in [3.8, 4) is 22.6 Å². The van der Waals surface area contributed by atoms with E-state index < -0.39 is 5.72 Å². The lowest BCUT2D eigenvalue weighted by molar-refractivity contribution is 0.0343. The van der Waals surface area contributed by atoms with E-state index in [1.165, 1.54) is 5.56 Å². The number of para-hydroxylation sites is 1. The normalized spacial score (nSPS) is 19.0. The highest BCUT2D eigenvalue weighted by molar-refractivity contribution is 5.99. The van der Waals surface area contributed by atoms with Crippen molar-refractivity contribution in [1.82, 2.24) is 10.6 Å². The van der Waals surface area contributed by atoms with E-state index in [1.807, 2.05) is 56.3 Å². The fraction of sp³-hybridized carbons (Fsp3) is 0.235. The first-order valence-corrected chi connectivity index (χ1v) is 14.0. The zero-order valence-electron chi connectivity index (χ0n) is 23.2. The standard InChI is InChI=1S/C34H33N3O4/c1-3-40-30-14-8-13-28-29-22-34(2,41-31(28)30)37(33(39)36-29)27-12-7-11-26(21-27)32(38)35-20-19-23-15-17-25(18-16-23)24-9-5-4-6-10-24/h4-18,21,29H,3,19-20,22H2,1-2H3,(H,35,38)(H,36,39)/t29?,34-/m1/s1. The van der Waals surface area contributed by atoms with Crippen LogP contribution in [0, 0.1) is 0 Å². The number of rotatable bonds is 8. The molecule has 1 saturated heterocycles. The quantitative estimate of drug-likeness (QED) is 0.264. The third-order valence-corrected chi connectivity index (χ3v) is 7.69. The fourth-order valence-electron chi connectivity index (χ4n) is 5.72. The molecule has 2 aliphatic heterocycles. The molecule has 2 aliphatic rings. The summed E-state index contributed by atoms with van der Waals surface area (Å²) in [4.78, 5) is 28.0. The number of hydrogen-bond acceptors (Lipinski definition) is 4. The summed E-state index contributed by atoms with van der Waals surface area (Å²) in [6.45, 7) is 4.84. The van der Waals surface area contributed by atoms with Crippen molar-refractivity contribution < 1.29 is 19.1 Å². The van der Waals surface area contributed by atoms with E-state index in [9.17, 15) is 9.59 Å². The number of amides is 3. The van der Waals surface area contributed by atoms with Crippen LogP contribution in [0.4, 0.5) is 10.5 Å². The molecule has 7 nitrogen and oxygen atoms in total. The SMILES string of the molecule is CCOc1cccc2c1O[C@]1(C)CC2NC(=O)N1c1cccc(C(=O)NCCc2ccc(-c3ccccc3)cc2)c1. The van der Waals surface area contributed by atoms with Crippen LogP contribution >= 0.6 is 0 Å². The molecule has 2 N–H and O–H groups in total. The third kappa shape index (κ3) is 5.23. The average Bonchev–Trinajstić information content (AvgIpc) is 2.98. The Bertz CT molecular complexity index is 1570. The van der Waals surface area contributed by atoms with Gasteiger partial charge in [-0.05, 0) is 61.2 Å². The van der Waals surface area contributed by atoms with E-state index in [-0.39, 0.29) is 18.0 Å². The molecular weight excluding hydrogens is 514 g/mol. The van der Waals surface area contributed by atoms with Crippen LogP contribution in [0.1, 0.15) is 47.8 Å². The van der Waals surface area contributed by atoms with E-state index in [1.54, 1.807) is 23.1 Å². The first-order chi connectivity index (χ1) is 19.9. The Labute approximate surface area is 240 Å². The predicted octanol–water partition coefficient (Wildman–Crippen LogP) is 6.49. The number of carbonyl (C=O) groups is 2. The Morgan fingerprint density at radius 3 is 2.54 bits per heavy atom. The highest BCUT2D eigenvalue weighted by atomic mass is 16.5. The van der Waals surface area contributed by atoms with Crippen LogP contribution in [0.15, 0.2) is 97.1 Å². The van der Waals surface area contributed by atoms with Gasteiger partial charge in [-0.3, -0.25) is 9.69 Å². The Balaban J connectivity index is 1.14. The van der Waals surface area contributed by atoms with Crippen LogP contribution in [-0.2, 0) is 6.42 Å². The first kappa shape index (κ1) is 26.4. The zero-order valence-corrected chi connectivity index (χ0v) is 23.2. The molecule has 208 valence electrons. The molecule has 0 spiro atoms. The molecule has 7 heteroatoms. The monoisotopic (exact) mass is 547 g/mol. The van der Waals surface area contributed by atoms with E-state index in [2.05, 4.69) is 47.0 Å². The summed E-state index contributed by atoms with van der Waals surface area (Å²) < 4.78 is 12.3. The molecule has 0 aromatic heterocycles. The van der Waals surface area contributed by atoms with Gasteiger partial charge in [0.05, 0.1) is 18.3 Å². The average molecular weight is 548 g/mol. The zero-order chi connectivity index (χ0) is 28.4. The highest BCUT2D eigenvalue weighted by Gasteiger charge is 2.50. The Morgan fingerprint density at radius 1 is 1.00 bits per heavy atom. The molecule has 1 fully saturated rings. The molecule has 6 rings (SSSR count). The number of fused-ring (bicyclic) bond motifs is 4. The van der Waals surface area contributed by atoms with Gasteiger partial charge in [0.1, 0.15) is 0 Å². The van der Waals surface area contributed by atoms with Crippen LogP contribution in [-0.4, -0.2) is 30.8 Å². The van der Waals surface area contributed by atoms with E-state index in [4.69, 9.17) is 9.47 Å². The van der Waals surface area contributed by atoms with Crippen molar-refractivity contribution in [1.29, 1.82) is 0 Å². The predicted molar refractivity (Wildman–Crippen MR) is 159 cm³/mol. The van der Waals surface area contributed by atoms with Gasteiger partial charge in [0.2, 0.25) is 0 Å². The number of carbonyl (C=O) groups excluding carboxylic acids is 2. The van der Waals surface area contributed by atoms with E-state index in [0.29, 0.717) is 48.7 Å². The molecule has 3 amide bonds. The lowest BCUT2D eigenvalue weighted by atomic mass is 9.89. The Hall–Kier alpha value is -4.78. The fourth-order valence-corrected chi connectivity index (χ4v) is 5.72. The summed E-state index contributed by atoms with van der Waals surface area (Å²) in [5, 5.41) is 6.13. The second kappa shape index (κ2) is 11.0. The molecule has 1 unspecified atom stereocenters. The number of anilines is 1. The second-order valence-electron chi connectivity index (χ2n) is 10.5. The minimum absolute atomic E-state index is 0.193. The smallest absolute Gasteiger partial charge is 0.325 e. The summed E-state index contributed by atoms with van der Waals surface area (Å²) >= 11 is 0. The third-order valence-electron chi connectivity index (χ3n) is 7.69. The van der Waals surface area contributed by atoms with Gasteiger partial charge in [-0.25, -0.2) is 4.79 Å². The van der Waals surface area contributed by atoms with Crippen molar-refractivity contribution in [2.24, 2.45) is 0 Å². The molecule has 0 saturated carbocycles. The molecule has 4 aromatic carbocycles. The van der Waals surface area contributed by atoms with Crippen LogP contribution < -0.4 is 25.0 Å². The summed E-state index contributed by atoms with van der Waals surface area (Å²) in [7, 11) is 0. The largest absolute Gasteiger partial charge is 0.490 e. The summed E-state index contributed by atoms with van der Waals surface area (Å²) in [6, 6.07) is 31.0. The van der Waals surface area contributed by atoms with Crippen LogP contribution in [0.3, 0.4) is 0 Å². The van der Waals surface area contributed by atoms with Crippen molar-refractivity contribution in [3.63, 3.8) is 0 Å². The van der Waals surface area contributed by atoms with Gasteiger partial charge in [0.25, 0.3) is 5.91 Å². The lowest BCUT2D eigenvalue weighted by Gasteiger charge is -2.50. The summed E-state index contributed by atoms with van der Waals surface area (Å²) in [6.07, 6.45) is 1.27. The number of nitrogens with one attached hydrogen (secondary N) is 2. The summed E-state index contributed by atoms with van der Waals surface area (Å²) in [5.74, 6) is 1.10. The van der Waals surface area contributed by atoms with Gasteiger partial charge >= 0.3 is 6.03 Å². The minimum atomic E-state index is -0.950. The molecule has 0 radical (unpaired) electrons. The van der Waals surface area contributed by atoms with Gasteiger partial charge in [-0.2, -0.15) is 0 Å². The topological polar surface area (TPSA) is 79.9 Å². The van der Waals surface area contributed by atoms with Crippen molar-refractivity contribution in [2.75, 3.05) is 18.1 Å². The molecule has 2 bridgehead atoms. The van der Waals surface area contributed by atoms with Crippen LogP contribution in [0.25, 0.3) is 11.1 Å². The molecule has 0 aliphatic carbocycles. The van der Waals surface area contributed by atoms with E-state index in [0.717, 1.165) is 16.7 Å². The van der Waals surface area contributed by atoms with Crippen molar-refractivity contribution in [2.45, 2.75) is 38.5 Å². The van der Waals surface area contributed by atoms with Gasteiger partial charge in [-0.15, -0.1) is 0 Å². The van der Waals surface area contributed by atoms with E-state index >= 15 is 0 Å². The molecule has 4 aromatic rings. The second-order valence-corrected chi connectivity index (χ2v) is 10.5. The van der Waals surface area contributed by atoms with Gasteiger partial charge in [0.15, 0.2) is 17.2 Å². The Morgan fingerprint density at radius 2 is 1.76 bits per heavy atom. The first-order valence-electron chi connectivity index (χ1n) is 14.0. The van der Waals surface area contributed by atoms with Gasteiger partial charge in [-0.1, -0.05) is 72.8 Å². The van der Waals surface area contributed by atoms with Crippen LogP contribution in [0.5, 0.6) is 11.5 Å². The maximum absolute atomic E-state index is 13.4. The highest BCUT2D eigenvalue weighted by Crippen LogP contribution is 2.49. The maximum Gasteiger partial charge on any atom is 0.325 e. The number of benzene rings is 4. The molecule has 41 heavy (non-hydrogen) atoms. The van der Waals surface area contributed by atoms with Gasteiger partial charge < -0.3 is 20.1 Å². The molecular formula is C34H33N3O4. The van der Waals surface area contributed by atoms with Crippen LogP contribution in [0.2, 0.25) is 0 Å². The van der Waals surface area contributed by atoms with Gasteiger partial charge in [0, 0.05) is 24.1 Å². The van der Waals surface area contributed by atoms with Crippen molar-refractivity contribution >= 4 is 17.6 Å². The Kier molecular flexibility index (Phi) is 7.10.